The molecule has 3 aromatic rings. The number of para-hydroxylation sites is 1. The molecule has 1 fully saturated rings. The highest BCUT2D eigenvalue weighted by Gasteiger charge is 2.19. The molecule has 0 unspecified atom stereocenters. The lowest BCUT2D eigenvalue weighted by Gasteiger charge is -2.35. The molecule has 0 spiro atoms. The number of anilines is 1. The molecule has 3 heterocycles. The highest BCUT2D eigenvalue weighted by atomic mass is 15.3. The van der Waals surface area contributed by atoms with E-state index >= 15 is 0 Å². The maximum absolute atomic E-state index is 6.23. The van der Waals surface area contributed by atoms with Crippen molar-refractivity contribution < 1.29 is 0 Å². The van der Waals surface area contributed by atoms with Gasteiger partial charge in [-0.1, -0.05) is 24.3 Å². The Morgan fingerprint density at radius 2 is 1.65 bits per heavy atom. The van der Waals surface area contributed by atoms with Gasteiger partial charge in [0.05, 0.1) is 12.1 Å². The average Bonchev–Trinajstić information content (AvgIpc) is 2.73. The topological polar surface area (TPSA) is 83.5 Å². The molecule has 132 valence electrons. The van der Waals surface area contributed by atoms with E-state index in [-0.39, 0.29) is 0 Å². The molecule has 0 aliphatic carbocycles. The Bertz CT molecular complexity index is 897. The molecule has 0 radical (unpaired) electrons. The quantitative estimate of drug-likeness (QED) is 0.573. The number of aromatic nitrogens is 3. The van der Waals surface area contributed by atoms with Crippen LogP contribution in [-0.2, 0) is 6.54 Å². The van der Waals surface area contributed by atoms with Gasteiger partial charge in [0.15, 0.2) is 5.96 Å². The molecular weight excluding hydrogens is 326 g/mol. The molecule has 1 aromatic carbocycles. The van der Waals surface area contributed by atoms with Crippen molar-refractivity contribution in [3.63, 3.8) is 0 Å². The number of nitrogens with zero attached hydrogens (tertiary/aromatic N) is 6. The van der Waals surface area contributed by atoms with Crippen molar-refractivity contribution in [3.05, 3.63) is 60.6 Å². The van der Waals surface area contributed by atoms with Gasteiger partial charge in [-0.05, 0) is 17.7 Å². The molecule has 1 aliphatic rings. The molecule has 7 nitrogen and oxygen atoms in total. The van der Waals surface area contributed by atoms with E-state index in [1.165, 1.54) is 0 Å². The lowest BCUT2D eigenvalue weighted by Crippen LogP contribution is -2.51. The molecular formula is C19H21N7. The second kappa shape index (κ2) is 7.35. The van der Waals surface area contributed by atoms with Crippen LogP contribution in [0.15, 0.2) is 60.0 Å². The zero-order chi connectivity index (χ0) is 17.8. The first-order valence-corrected chi connectivity index (χ1v) is 8.71. The largest absolute Gasteiger partial charge is 0.370 e. The first kappa shape index (κ1) is 16.3. The van der Waals surface area contributed by atoms with Crippen LogP contribution in [0.2, 0.25) is 0 Å². The van der Waals surface area contributed by atoms with Crippen LogP contribution in [0.1, 0.15) is 5.56 Å². The van der Waals surface area contributed by atoms with Gasteiger partial charge in [-0.15, -0.1) is 0 Å². The number of aliphatic imine (C=N–C) groups is 1. The molecule has 26 heavy (non-hydrogen) atoms. The van der Waals surface area contributed by atoms with Gasteiger partial charge in [-0.2, -0.15) is 0 Å². The predicted octanol–water partition coefficient (Wildman–Crippen LogP) is 1.66. The first-order chi connectivity index (χ1) is 12.8. The zero-order valence-electron chi connectivity index (χ0n) is 14.5. The van der Waals surface area contributed by atoms with E-state index in [0.29, 0.717) is 12.5 Å². The molecule has 7 heteroatoms. The highest BCUT2D eigenvalue weighted by molar-refractivity contribution is 5.82. The van der Waals surface area contributed by atoms with E-state index < -0.39 is 0 Å². The molecule has 4 rings (SSSR count). The van der Waals surface area contributed by atoms with Crippen LogP contribution < -0.4 is 10.6 Å². The molecule has 1 saturated heterocycles. The number of pyridine rings is 1. The lowest BCUT2D eigenvalue weighted by molar-refractivity contribution is 0.378. The third-order valence-corrected chi connectivity index (χ3v) is 4.57. The summed E-state index contributed by atoms with van der Waals surface area (Å²) in [6, 6.07) is 12.0. The van der Waals surface area contributed by atoms with Crippen molar-refractivity contribution in [2.24, 2.45) is 10.7 Å². The standard InChI is InChI=1S/C19H21N7/c20-18(24-14-16-5-1-4-15-6-2-7-21-17(15)16)25-10-12-26(13-11-25)19-22-8-3-9-23-19/h1-9H,10-14H2,(H2,20,24). The summed E-state index contributed by atoms with van der Waals surface area (Å²) in [6.45, 7) is 3.80. The number of nitrogens with two attached hydrogens (primary N) is 1. The van der Waals surface area contributed by atoms with Gasteiger partial charge >= 0.3 is 0 Å². The summed E-state index contributed by atoms with van der Waals surface area (Å²) < 4.78 is 0. The third kappa shape index (κ3) is 3.42. The van der Waals surface area contributed by atoms with Gasteiger partial charge in [0.25, 0.3) is 0 Å². The van der Waals surface area contributed by atoms with Gasteiger partial charge in [0, 0.05) is 50.2 Å². The Morgan fingerprint density at radius 1 is 0.923 bits per heavy atom. The molecule has 0 amide bonds. The van der Waals surface area contributed by atoms with E-state index in [9.17, 15) is 0 Å². The van der Waals surface area contributed by atoms with Gasteiger partial charge in [-0.25, -0.2) is 15.0 Å². The number of rotatable bonds is 3. The number of hydrogen-bond donors (Lipinski definition) is 1. The molecule has 0 atom stereocenters. The molecule has 2 N–H and O–H groups in total. The highest BCUT2D eigenvalue weighted by Crippen LogP contribution is 2.17. The Labute approximate surface area is 152 Å². The van der Waals surface area contributed by atoms with Crippen molar-refractivity contribution in [2.75, 3.05) is 31.1 Å². The summed E-state index contributed by atoms with van der Waals surface area (Å²) in [5, 5.41) is 1.12. The first-order valence-electron chi connectivity index (χ1n) is 8.71. The number of fused-ring (bicyclic) bond motifs is 1. The summed E-state index contributed by atoms with van der Waals surface area (Å²) in [4.78, 5) is 22.0. The monoisotopic (exact) mass is 347 g/mol. The number of benzene rings is 1. The normalized spacial score (nSPS) is 15.5. The molecule has 0 bridgehead atoms. The minimum Gasteiger partial charge on any atom is -0.370 e. The molecule has 0 saturated carbocycles. The van der Waals surface area contributed by atoms with Gasteiger partial charge in [-0.3, -0.25) is 4.98 Å². The van der Waals surface area contributed by atoms with Crippen LogP contribution in [0.3, 0.4) is 0 Å². The third-order valence-electron chi connectivity index (χ3n) is 4.57. The fourth-order valence-corrected chi connectivity index (χ4v) is 3.15. The fourth-order valence-electron chi connectivity index (χ4n) is 3.15. The minimum atomic E-state index is 0.530. The Hall–Kier alpha value is -3.22. The second-order valence-electron chi connectivity index (χ2n) is 6.19. The Kier molecular flexibility index (Phi) is 4.59. The van der Waals surface area contributed by atoms with Crippen molar-refractivity contribution in [1.29, 1.82) is 0 Å². The van der Waals surface area contributed by atoms with Gasteiger partial charge < -0.3 is 15.5 Å². The predicted molar refractivity (Wildman–Crippen MR) is 103 cm³/mol. The van der Waals surface area contributed by atoms with Crippen molar-refractivity contribution >= 4 is 22.8 Å². The van der Waals surface area contributed by atoms with Crippen molar-refractivity contribution in [2.45, 2.75) is 6.54 Å². The van der Waals surface area contributed by atoms with Crippen LogP contribution in [0.5, 0.6) is 0 Å². The van der Waals surface area contributed by atoms with Crippen LogP contribution in [0.4, 0.5) is 5.95 Å². The summed E-state index contributed by atoms with van der Waals surface area (Å²) in [5.74, 6) is 1.34. The van der Waals surface area contributed by atoms with Crippen LogP contribution in [0, 0.1) is 0 Å². The van der Waals surface area contributed by atoms with Crippen LogP contribution in [0.25, 0.3) is 10.9 Å². The van der Waals surface area contributed by atoms with Gasteiger partial charge in [0.1, 0.15) is 0 Å². The summed E-state index contributed by atoms with van der Waals surface area (Å²) in [5.41, 5.74) is 8.30. The Balaban J connectivity index is 1.41. The van der Waals surface area contributed by atoms with Gasteiger partial charge in [0.2, 0.25) is 5.95 Å². The zero-order valence-corrected chi connectivity index (χ0v) is 14.5. The lowest BCUT2D eigenvalue weighted by atomic mass is 10.1. The average molecular weight is 347 g/mol. The smallest absolute Gasteiger partial charge is 0.225 e. The van der Waals surface area contributed by atoms with E-state index in [1.54, 1.807) is 12.4 Å². The van der Waals surface area contributed by atoms with E-state index in [0.717, 1.165) is 48.6 Å². The molecule has 2 aromatic heterocycles. The van der Waals surface area contributed by atoms with E-state index in [2.05, 4.69) is 47.9 Å². The number of guanidine groups is 1. The number of piperazine rings is 1. The minimum absolute atomic E-state index is 0.530. The van der Waals surface area contributed by atoms with Crippen LogP contribution in [-0.4, -0.2) is 52.0 Å². The van der Waals surface area contributed by atoms with Crippen LogP contribution >= 0.6 is 0 Å². The fraction of sp³-hybridized carbons (Fsp3) is 0.263. The van der Waals surface area contributed by atoms with E-state index in [4.69, 9.17) is 5.73 Å². The Morgan fingerprint density at radius 3 is 2.46 bits per heavy atom. The summed E-state index contributed by atoms with van der Waals surface area (Å²) in [7, 11) is 0. The van der Waals surface area contributed by atoms with Crippen molar-refractivity contribution in [3.8, 4) is 0 Å². The second-order valence-corrected chi connectivity index (χ2v) is 6.19. The molecule has 1 aliphatic heterocycles. The van der Waals surface area contributed by atoms with Crippen molar-refractivity contribution in [1.82, 2.24) is 19.9 Å². The van der Waals surface area contributed by atoms with E-state index in [1.807, 2.05) is 24.4 Å². The maximum atomic E-state index is 6.23. The SMILES string of the molecule is NC(=NCc1cccc2cccnc12)N1CCN(c2ncccn2)CC1. The summed E-state index contributed by atoms with van der Waals surface area (Å²) in [6.07, 6.45) is 5.34. The summed E-state index contributed by atoms with van der Waals surface area (Å²) >= 11 is 0. The number of hydrogen-bond acceptors (Lipinski definition) is 5. The maximum Gasteiger partial charge on any atom is 0.225 e.